The van der Waals surface area contributed by atoms with Gasteiger partial charge < -0.3 is 15.5 Å². The summed E-state index contributed by atoms with van der Waals surface area (Å²) in [5, 5.41) is 10.5. The average molecular weight is 396 g/mol. The van der Waals surface area contributed by atoms with Crippen LogP contribution in [-0.4, -0.2) is 58.7 Å². The smallest absolute Gasteiger partial charge is 0.237 e. The molecule has 7 heteroatoms. The van der Waals surface area contributed by atoms with Crippen molar-refractivity contribution >= 4 is 11.8 Å². The Bertz CT molecular complexity index is 812. The van der Waals surface area contributed by atoms with Crippen molar-refractivity contribution in [2.24, 2.45) is 5.92 Å². The molecule has 0 aliphatic carbocycles. The maximum absolute atomic E-state index is 12.8. The molecular formula is C22H29N5O2. The number of aromatic nitrogens is 2. The van der Waals surface area contributed by atoms with Gasteiger partial charge in [0.15, 0.2) is 0 Å². The van der Waals surface area contributed by atoms with Crippen LogP contribution in [0.2, 0.25) is 0 Å². The highest BCUT2D eigenvalue weighted by Crippen LogP contribution is 2.18. The first-order valence-corrected chi connectivity index (χ1v) is 10.6. The van der Waals surface area contributed by atoms with E-state index in [1.165, 1.54) is 0 Å². The Hall–Kier alpha value is -2.67. The summed E-state index contributed by atoms with van der Waals surface area (Å²) in [5.41, 5.74) is 1.99. The van der Waals surface area contributed by atoms with Crippen molar-refractivity contribution in [1.29, 1.82) is 0 Å². The number of amides is 2. The Balaban J connectivity index is 1.26. The monoisotopic (exact) mass is 395 g/mol. The van der Waals surface area contributed by atoms with Crippen LogP contribution in [0.1, 0.15) is 31.2 Å². The highest BCUT2D eigenvalue weighted by atomic mass is 16.2. The van der Waals surface area contributed by atoms with Gasteiger partial charge in [-0.15, -0.1) is 0 Å². The largest absolute Gasteiger partial charge is 0.354 e. The maximum atomic E-state index is 12.8. The van der Waals surface area contributed by atoms with E-state index >= 15 is 0 Å². The summed E-state index contributed by atoms with van der Waals surface area (Å²) in [6.07, 6.45) is 8.08. The van der Waals surface area contributed by atoms with E-state index in [9.17, 15) is 9.59 Å². The quantitative estimate of drug-likeness (QED) is 0.777. The Labute approximate surface area is 171 Å². The van der Waals surface area contributed by atoms with Crippen molar-refractivity contribution in [3.05, 3.63) is 48.3 Å². The number of carbonyl (C=O) groups excluding carboxylic acids is 2. The van der Waals surface area contributed by atoms with Gasteiger partial charge in [-0.05, 0) is 61.9 Å². The van der Waals surface area contributed by atoms with Gasteiger partial charge in [0.25, 0.3) is 0 Å². The predicted octanol–water partition coefficient (Wildman–Crippen LogP) is 1.52. The molecule has 1 aromatic carbocycles. The van der Waals surface area contributed by atoms with Crippen molar-refractivity contribution < 1.29 is 9.59 Å². The lowest BCUT2D eigenvalue weighted by molar-refractivity contribution is -0.132. The number of nitrogens with zero attached hydrogens (tertiary/aromatic N) is 3. The Morgan fingerprint density at radius 2 is 2.03 bits per heavy atom. The fourth-order valence-corrected chi connectivity index (χ4v) is 4.21. The first-order valence-electron chi connectivity index (χ1n) is 10.6. The van der Waals surface area contributed by atoms with Crippen LogP contribution in [0.4, 0.5) is 0 Å². The molecule has 2 aliphatic heterocycles. The molecule has 2 aliphatic rings. The molecule has 0 bridgehead atoms. The van der Waals surface area contributed by atoms with Crippen LogP contribution in [0.3, 0.4) is 0 Å². The second-order valence-corrected chi connectivity index (χ2v) is 8.04. The average Bonchev–Trinajstić information content (AvgIpc) is 3.47. The van der Waals surface area contributed by atoms with Crippen LogP contribution in [-0.2, 0) is 16.0 Å². The van der Waals surface area contributed by atoms with Crippen LogP contribution in [0.15, 0.2) is 42.7 Å². The number of hydrogen-bond donors (Lipinski definition) is 2. The van der Waals surface area contributed by atoms with E-state index in [2.05, 4.69) is 15.7 Å². The summed E-state index contributed by atoms with van der Waals surface area (Å²) in [6, 6.07) is 9.80. The number of rotatable bonds is 6. The molecule has 2 aromatic rings. The second kappa shape index (κ2) is 9.22. The first kappa shape index (κ1) is 19.6. The lowest BCUT2D eigenvalue weighted by Gasteiger charge is -2.33. The summed E-state index contributed by atoms with van der Waals surface area (Å²) in [7, 11) is 0. The number of likely N-dealkylation sites (tertiary alicyclic amines) is 1. The lowest BCUT2D eigenvalue weighted by atomic mass is 9.97. The molecule has 0 saturated carbocycles. The summed E-state index contributed by atoms with van der Waals surface area (Å²) in [5.74, 6) is 0.591. The summed E-state index contributed by atoms with van der Waals surface area (Å²) >= 11 is 0. The Morgan fingerprint density at radius 3 is 2.76 bits per heavy atom. The van der Waals surface area contributed by atoms with Crippen LogP contribution in [0.25, 0.3) is 5.69 Å². The van der Waals surface area contributed by atoms with Gasteiger partial charge in [0.1, 0.15) is 0 Å². The van der Waals surface area contributed by atoms with Gasteiger partial charge in [0, 0.05) is 32.0 Å². The molecule has 0 radical (unpaired) electrons. The number of hydrogen-bond acceptors (Lipinski definition) is 4. The van der Waals surface area contributed by atoms with Gasteiger partial charge in [-0.3, -0.25) is 9.59 Å². The van der Waals surface area contributed by atoms with E-state index in [1.54, 1.807) is 10.9 Å². The zero-order valence-corrected chi connectivity index (χ0v) is 16.7. The molecule has 7 nitrogen and oxygen atoms in total. The van der Waals surface area contributed by atoms with Crippen LogP contribution >= 0.6 is 0 Å². The summed E-state index contributed by atoms with van der Waals surface area (Å²) in [4.78, 5) is 26.9. The molecule has 29 heavy (non-hydrogen) atoms. The molecule has 2 atom stereocenters. The van der Waals surface area contributed by atoms with Crippen molar-refractivity contribution in [2.75, 3.05) is 26.2 Å². The Morgan fingerprint density at radius 1 is 1.17 bits per heavy atom. The molecule has 2 fully saturated rings. The standard InChI is InChI=1S/C22H29N5O2/c28-21(14-17-6-8-19(9-7-17)27-13-3-11-25-27)26-12-2-4-18(16-26)15-24-22(29)20-5-1-10-23-20/h3,6-9,11,13,18,20,23H,1-2,4-5,10,12,14-16H2,(H,24,29). The minimum absolute atomic E-state index is 0.0407. The lowest BCUT2D eigenvalue weighted by Crippen LogP contribution is -2.47. The molecule has 154 valence electrons. The van der Waals surface area contributed by atoms with Crippen molar-refractivity contribution in [2.45, 2.75) is 38.1 Å². The summed E-state index contributed by atoms with van der Waals surface area (Å²) < 4.78 is 1.80. The third kappa shape index (κ3) is 5.03. The molecule has 4 rings (SSSR count). The predicted molar refractivity (Wildman–Crippen MR) is 111 cm³/mol. The van der Waals surface area contributed by atoms with Crippen LogP contribution < -0.4 is 10.6 Å². The van der Waals surface area contributed by atoms with Crippen LogP contribution in [0, 0.1) is 5.92 Å². The molecule has 2 unspecified atom stereocenters. The van der Waals surface area contributed by atoms with Gasteiger partial charge in [-0.2, -0.15) is 5.10 Å². The van der Waals surface area contributed by atoms with Gasteiger partial charge in [-0.25, -0.2) is 4.68 Å². The minimum Gasteiger partial charge on any atom is -0.354 e. The van der Waals surface area contributed by atoms with E-state index in [4.69, 9.17) is 0 Å². The van der Waals surface area contributed by atoms with E-state index in [1.807, 2.05) is 41.4 Å². The number of benzene rings is 1. The van der Waals surface area contributed by atoms with Gasteiger partial charge >= 0.3 is 0 Å². The highest BCUT2D eigenvalue weighted by molar-refractivity contribution is 5.82. The topological polar surface area (TPSA) is 79.3 Å². The van der Waals surface area contributed by atoms with Gasteiger partial charge in [0.2, 0.25) is 11.8 Å². The number of carbonyl (C=O) groups is 2. The van der Waals surface area contributed by atoms with E-state index in [-0.39, 0.29) is 17.9 Å². The van der Waals surface area contributed by atoms with E-state index < -0.39 is 0 Å². The van der Waals surface area contributed by atoms with Crippen molar-refractivity contribution in [3.8, 4) is 5.69 Å². The van der Waals surface area contributed by atoms with Crippen molar-refractivity contribution in [3.63, 3.8) is 0 Å². The highest BCUT2D eigenvalue weighted by Gasteiger charge is 2.26. The molecular weight excluding hydrogens is 366 g/mol. The maximum Gasteiger partial charge on any atom is 0.237 e. The number of piperidine rings is 1. The SMILES string of the molecule is O=C(NCC1CCCN(C(=O)Cc2ccc(-n3cccn3)cc2)C1)C1CCCN1. The first-order chi connectivity index (χ1) is 14.2. The molecule has 1 aromatic heterocycles. The molecule has 2 saturated heterocycles. The Kier molecular flexibility index (Phi) is 6.24. The zero-order valence-electron chi connectivity index (χ0n) is 16.7. The fourth-order valence-electron chi connectivity index (χ4n) is 4.21. The summed E-state index contributed by atoms with van der Waals surface area (Å²) in [6.45, 7) is 3.10. The zero-order chi connectivity index (χ0) is 20.1. The van der Waals surface area contributed by atoms with E-state index in [0.717, 1.165) is 56.6 Å². The van der Waals surface area contributed by atoms with E-state index in [0.29, 0.717) is 18.9 Å². The minimum atomic E-state index is -0.0407. The third-order valence-electron chi connectivity index (χ3n) is 5.87. The fraction of sp³-hybridized carbons (Fsp3) is 0.500. The van der Waals surface area contributed by atoms with Crippen LogP contribution in [0.5, 0.6) is 0 Å². The van der Waals surface area contributed by atoms with Gasteiger partial charge in [-0.1, -0.05) is 12.1 Å². The second-order valence-electron chi connectivity index (χ2n) is 8.04. The molecule has 0 spiro atoms. The normalized spacial score (nSPS) is 21.9. The van der Waals surface area contributed by atoms with Crippen molar-refractivity contribution in [1.82, 2.24) is 25.3 Å². The number of nitrogens with one attached hydrogen (secondary N) is 2. The third-order valence-corrected chi connectivity index (χ3v) is 5.87. The molecule has 2 amide bonds. The molecule has 3 heterocycles. The van der Waals surface area contributed by atoms with Gasteiger partial charge in [0.05, 0.1) is 18.2 Å². The molecule has 2 N–H and O–H groups in total.